The molecule has 1 aliphatic rings. The molecule has 1 saturated carbocycles. The Hall–Kier alpha value is -1.43. The van der Waals surface area contributed by atoms with Gasteiger partial charge in [-0.25, -0.2) is 8.78 Å². The van der Waals surface area contributed by atoms with Crippen LogP contribution in [0.5, 0.6) is 0 Å². The van der Waals surface area contributed by atoms with E-state index >= 15 is 0 Å². The monoisotopic (exact) mass is 286 g/mol. The molecule has 0 aromatic carbocycles. The maximum Gasteiger partial charge on any atom is 0.268 e. The van der Waals surface area contributed by atoms with Gasteiger partial charge in [0.15, 0.2) is 0 Å². The first-order chi connectivity index (χ1) is 9.50. The zero-order valence-electron chi connectivity index (χ0n) is 11.3. The third-order valence-corrected chi connectivity index (χ3v) is 3.76. The molecule has 1 aromatic heterocycles. The fraction of sp³-hybridized carbons (Fsp3) is 0.643. The molecule has 0 unspecified atom stereocenters. The van der Waals surface area contributed by atoms with Gasteiger partial charge in [0, 0.05) is 12.7 Å². The molecule has 1 heterocycles. The van der Waals surface area contributed by atoms with Gasteiger partial charge < -0.3 is 15.0 Å². The van der Waals surface area contributed by atoms with Gasteiger partial charge in [0.05, 0.1) is 12.1 Å². The standard InChI is InChI=1S/C14H20F2N2O2/c15-12(16)9-18-8-4-5-11(18)13(19)17-10-14(20)6-2-1-3-7-14/h4-5,8,12,20H,1-3,6-7,9-10H2,(H,17,19). The first kappa shape index (κ1) is 15.0. The van der Waals surface area contributed by atoms with E-state index in [2.05, 4.69) is 5.32 Å². The maximum absolute atomic E-state index is 12.4. The fourth-order valence-corrected chi connectivity index (χ4v) is 2.65. The summed E-state index contributed by atoms with van der Waals surface area (Å²) in [6, 6.07) is 3.06. The van der Waals surface area contributed by atoms with Gasteiger partial charge in [0.2, 0.25) is 0 Å². The van der Waals surface area contributed by atoms with Gasteiger partial charge in [-0.15, -0.1) is 0 Å². The molecule has 2 rings (SSSR count). The second kappa shape index (κ2) is 6.35. The van der Waals surface area contributed by atoms with E-state index in [9.17, 15) is 18.7 Å². The minimum atomic E-state index is -2.50. The summed E-state index contributed by atoms with van der Waals surface area (Å²) in [6.07, 6.45) is 3.31. The van der Waals surface area contributed by atoms with Crippen LogP contribution in [0.3, 0.4) is 0 Å². The highest BCUT2D eigenvalue weighted by molar-refractivity contribution is 5.92. The number of carbonyl (C=O) groups excluding carboxylic acids is 1. The Labute approximate surface area is 116 Å². The van der Waals surface area contributed by atoms with Crippen LogP contribution in [-0.4, -0.2) is 34.2 Å². The van der Waals surface area contributed by atoms with Crippen LogP contribution in [0.15, 0.2) is 18.3 Å². The van der Waals surface area contributed by atoms with Gasteiger partial charge in [-0.3, -0.25) is 4.79 Å². The molecular weight excluding hydrogens is 266 g/mol. The normalized spacial score (nSPS) is 18.2. The lowest BCUT2D eigenvalue weighted by molar-refractivity contribution is 0.00512. The zero-order chi connectivity index (χ0) is 14.6. The summed E-state index contributed by atoms with van der Waals surface area (Å²) in [4.78, 5) is 12.0. The molecule has 1 amide bonds. The van der Waals surface area contributed by atoms with E-state index < -0.39 is 24.5 Å². The van der Waals surface area contributed by atoms with E-state index in [1.165, 1.54) is 16.8 Å². The lowest BCUT2D eigenvalue weighted by Gasteiger charge is -2.32. The number of aliphatic hydroxyl groups is 1. The number of rotatable bonds is 5. The van der Waals surface area contributed by atoms with Crippen LogP contribution in [0, 0.1) is 0 Å². The molecule has 1 aromatic rings. The van der Waals surface area contributed by atoms with Crippen LogP contribution in [0.1, 0.15) is 42.6 Å². The van der Waals surface area contributed by atoms with E-state index in [-0.39, 0.29) is 12.2 Å². The predicted molar refractivity (Wildman–Crippen MR) is 70.8 cm³/mol. The second-order valence-electron chi connectivity index (χ2n) is 5.40. The predicted octanol–water partition coefficient (Wildman–Crippen LogP) is 2.18. The Bertz CT molecular complexity index is 454. The molecule has 4 nitrogen and oxygen atoms in total. The molecule has 20 heavy (non-hydrogen) atoms. The lowest BCUT2D eigenvalue weighted by Crippen LogP contribution is -2.44. The summed E-state index contributed by atoms with van der Waals surface area (Å²) in [7, 11) is 0. The minimum absolute atomic E-state index is 0.172. The Morgan fingerprint density at radius 1 is 1.40 bits per heavy atom. The van der Waals surface area contributed by atoms with Crippen molar-refractivity contribution in [2.45, 2.75) is 50.7 Å². The number of hydrogen-bond acceptors (Lipinski definition) is 2. The molecular formula is C14H20F2N2O2. The second-order valence-corrected chi connectivity index (χ2v) is 5.40. The van der Waals surface area contributed by atoms with E-state index in [4.69, 9.17) is 0 Å². The van der Waals surface area contributed by atoms with Gasteiger partial charge in [0.25, 0.3) is 12.3 Å². The van der Waals surface area contributed by atoms with Gasteiger partial charge in [-0.1, -0.05) is 19.3 Å². The molecule has 6 heteroatoms. The van der Waals surface area contributed by atoms with Crippen molar-refractivity contribution >= 4 is 5.91 Å². The quantitative estimate of drug-likeness (QED) is 0.871. The number of carbonyl (C=O) groups is 1. The van der Waals surface area contributed by atoms with E-state index in [0.29, 0.717) is 12.8 Å². The first-order valence-corrected chi connectivity index (χ1v) is 6.94. The molecule has 0 radical (unpaired) electrons. The van der Waals surface area contributed by atoms with Crippen LogP contribution in [0.2, 0.25) is 0 Å². The van der Waals surface area contributed by atoms with Crippen LogP contribution in [0.4, 0.5) is 8.78 Å². The van der Waals surface area contributed by atoms with Crippen molar-refractivity contribution in [1.82, 2.24) is 9.88 Å². The number of nitrogens with zero attached hydrogens (tertiary/aromatic N) is 1. The number of nitrogens with one attached hydrogen (secondary N) is 1. The van der Waals surface area contributed by atoms with Crippen LogP contribution in [0.25, 0.3) is 0 Å². The van der Waals surface area contributed by atoms with Gasteiger partial charge in [-0.05, 0) is 25.0 Å². The summed E-state index contributed by atoms with van der Waals surface area (Å²) in [6.45, 7) is -0.328. The van der Waals surface area contributed by atoms with Crippen molar-refractivity contribution in [3.05, 3.63) is 24.0 Å². The molecule has 0 spiro atoms. The Morgan fingerprint density at radius 2 is 2.10 bits per heavy atom. The van der Waals surface area contributed by atoms with Crippen molar-refractivity contribution in [2.24, 2.45) is 0 Å². The molecule has 1 fully saturated rings. The first-order valence-electron chi connectivity index (χ1n) is 6.94. The molecule has 0 atom stereocenters. The number of amides is 1. The fourth-order valence-electron chi connectivity index (χ4n) is 2.65. The number of hydrogen-bond donors (Lipinski definition) is 2. The number of halogens is 2. The number of aromatic nitrogens is 1. The lowest BCUT2D eigenvalue weighted by atomic mass is 9.85. The minimum Gasteiger partial charge on any atom is -0.388 e. The summed E-state index contributed by atoms with van der Waals surface area (Å²) >= 11 is 0. The Balaban J connectivity index is 1.93. The molecule has 1 aliphatic carbocycles. The van der Waals surface area contributed by atoms with Crippen molar-refractivity contribution in [3.8, 4) is 0 Å². The van der Waals surface area contributed by atoms with Gasteiger partial charge >= 0.3 is 0 Å². The van der Waals surface area contributed by atoms with Crippen LogP contribution >= 0.6 is 0 Å². The molecule has 0 aliphatic heterocycles. The smallest absolute Gasteiger partial charge is 0.268 e. The van der Waals surface area contributed by atoms with Gasteiger partial charge in [0.1, 0.15) is 5.69 Å². The number of alkyl halides is 2. The third kappa shape index (κ3) is 3.79. The molecule has 112 valence electrons. The van der Waals surface area contributed by atoms with E-state index in [0.717, 1.165) is 19.3 Å². The third-order valence-electron chi connectivity index (χ3n) is 3.76. The average molecular weight is 286 g/mol. The van der Waals surface area contributed by atoms with Crippen molar-refractivity contribution in [1.29, 1.82) is 0 Å². The topological polar surface area (TPSA) is 54.3 Å². The van der Waals surface area contributed by atoms with Crippen molar-refractivity contribution < 1.29 is 18.7 Å². The van der Waals surface area contributed by atoms with Crippen molar-refractivity contribution in [3.63, 3.8) is 0 Å². The largest absolute Gasteiger partial charge is 0.388 e. The summed E-state index contributed by atoms with van der Waals surface area (Å²) in [5, 5.41) is 12.9. The summed E-state index contributed by atoms with van der Waals surface area (Å²) in [5.41, 5.74) is -0.654. The highest BCUT2D eigenvalue weighted by atomic mass is 19.3. The van der Waals surface area contributed by atoms with E-state index in [1.807, 2.05) is 0 Å². The highest BCUT2D eigenvalue weighted by Crippen LogP contribution is 2.27. The average Bonchev–Trinajstić information content (AvgIpc) is 2.84. The summed E-state index contributed by atoms with van der Waals surface area (Å²) in [5.74, 6) is -0.422. The molecule has 0 saturated heterocycles. The molecule has 2 N–H and O–H groups in total. The van der Waals surface area contributed by atoms with E-state index in [1.54, 1.807) is 6.07 Å². The SMILES string of the molecule is O=C(NCC1(O)CCCCC1)c1cccn1CC(F)F. The Morgan fingerprint density at radius 3 is 2.75 bits per heavy atom. The zero-order valence-corrected chi connectivity index (χ0v) is 11.3. The highest BCUT2D eigenvalue weighted by Gasteiger charge is 2.29. The summed E-state index contributed by atoms with van der Waals surface area (Å²) < 4.78 is 26.0. The van der Waals surface area contributed by atoms with Crippen molar-refractivity contribution in [2.75, 3.05) is 6.54 Å². The molecule has 0 bridgehead atoms. The maximum atomic E-state index is 12.4. The van der Waals surface area contributed by atoms with Crippen LogP contribution < -0.4 is 5.32 Å². The van der Waals surface area contributed by atoms with Crippen LogP contribution in [-0.2, 0) is 6.54 Å². The Kier molecular flexibility index (Phi) is 4.75. The van der Waals surface area contributed by atoms with Gasteiger partial charge in [-0.2, -0.15) is 0 Å².